The lowest BCUT2D eigenvalue weighted by molar-refractivity contribution is -0.161. The predicted octanol–water partition coefficient (Wildman–Crippen LogP) is 3.05. The molecule has 1 aromatic carbocycles. The summed E-state index contributed by atoms with van der Waals surface area (Å²) in [6.45, 7) is 1.21. The smallest absolute Gasteiger partial charge is 0.327 e. The molecule has 0 aliphatic heterocycles. The van der Waals surface area contributed by atoms with E-state index < -0.39 is 18.6 Å². The van der Waals surface area contributed by atoms with Gasteiger partial charge in [0.1, 0.15) is 5.82 Å². The van der Waals surface area contributed by atoms with Gasteiger partial charge in [-0.3, -0.25) is 0 Å². The zero-order chi connectivity index (χ0) is 13.3. The topological polar surface area (TPSA) is 41.6 Å². The third kappa shape index (κ3) is 2.16. The van der Waals surface area contributed by atoms with Gasteiger partial charge in [-0.15, -0.1) is 0 Å². The Morgan fingerprint density at radius 2 is 2.06 bits per heavy atom. The molecule has 0 saturated carbocycles. The molecule has 0 aliphatic rings. The van der Waals surface area contributed by atoms with E-state index in [9.17, 15) is 13.2 Å². The summed E-state index contributed by atoms with van der Waals surface area (Å²) < 4.78 is 39.2. The second-order valence-electron chi connectivity index (χ2n) is 3.98. The summed E-state index contributed by atoms with van der Waals surface area (Å²) in [5.41, 5.74) is 1.24. The highest BCUT2D eigenvalue weighted by Gasteiger charge is 2.40. The second-order valence-corrected chi connectivity index (χ2v) is 3.98. The lowest BCUT2D eigenvalue weighted by Gasteiger charge is -2.15. The average molecular weight is 253 g/mol. The highest BCUT2D eigenvalue weighted by molar-refractivity contribution is 5.75. The summed E-state index contributed by atoms with van der Waals surface area (Å²) in [5.74, 6) is -1.55. The highest BCUT2D eigenvalue weighted by atomic mass is 19.4. The number of imidazole rings is 1. The van der Waals surface area contributed by atoms with E-state index in [4.69, 9.17) is 5.26 Å². The lowest BCUT2D eigenvalue weighted by atomic mass is 10.1. The molecule has 0 N–H and O–H groups in total. The summed E-state index contributed by atoms with van der Waals surface area (Å²) in [7, 11) is 0. The Bertz CT molecular complexity index is 607. The average Bonchev–Trinajstić information content (AvgIpc) is 2.60. The summed E-state index contributed by atoms with van der Waals surface area (Å²) in [6.07, 6.45) is -4.52. The first-order valence-electron chi connectivity index (χ1n) is 5.31. The SMILES string of the molecule is Cc1nc2ccccc2n1CC(C#N)C(F)(F)F. The molecule has 0 saturated heterocycles. The maximum atomic E-state index is 12.6. The molecular formula is C12H10F3N3. The fourth-order valence-corrected chi connectivity index (χ4v) is 1.83. The van der Waals surface area contributed by atoms with Gasteiger partial charge in [-0.2, -0.15) is 18.4 Å². The number of alkyl halides is 3. The number of nitriles is 1. The van der Waals surface area contributed by atoms with E-state index >= 15 is 0 Å². The molecule has 18 heavy (non-hydrogen) atoms. The highest BCUT2D eigenvalue weighted by Crippen LogP contribution is 2.28. The number of fused-ring (bicyclic) bond motifs is 1. The molecule has 2 aromatic rings. The Hall–Kier alpha value is -2.03. The van der Waals surface area contributed by atoms with Crippen LogP contribution >= 0.6 is 0 Å². The van der Waals surface area contributed by atoms with Crippen molar-refractivity contribution >= 4 is 11.0 Å². The van der Waals surface area contributed by atoms with Crippen molar-refractivity contribution in [1.82, 2.24) is 9.55 Å². The summed E-state index contributed by atoms with van der Waals surface area (Å²) in [6, 6.07) is 8.22. The van der Waals surface area contributed by atoms with Crippen molar-refractivity contribution in [1.29, 1.82) is 5.26 Å². The molecule has 0 aliphatic carbocycles. The van der Waals surface area contributed by atoms with Crippen LogP contribution in [0.5, 0.6) is 0 Å². The van der Waals surface area contributed by atoms with Crippen molar-refractivity contribution in [3.8, 4) is 6.07 Å². The van der Waals surface area contributed by atoms with Crippen LogP contribution in [0.25, 0.3) is 11.0 Å². The van der Waals surface area contributed by atoms with E-state index in [0.29, 0.717) is 16.9 Å². The fraction of sp³-hybridized carbons (Fsp3) is 0.333. The minimum Gasteiger partial charge on any atom is -0.327 e. The summed E-state index contributed by atoms with van der Waals surface area (Å²) >= 11 is 0. The van der Waals surface area contributed by atoms with E-state index in [-0.39, 0.29) is 0 Å². The van der Waals surface area contributed by atoms with Gasteiger partial charge in [0.25, 0.3) is 0 Å². The van der Waals surface area contributed by atoms with Crippen molar-refractivity contribution in [3.63, 3.8) is 0 Å². The number of benzene rings is 1. The van der Waals surface area contributed by atoms with Crippen LogP contribution in [0.2, 0.25) is 0 Å². The van der Waals surface area contributed by atoms with E-state index in [1.165, 1.54) is 10.6 Å². The van der Waals surface area contributed by atoms with Crippen LogP contribution in [0.4, 0.5) is 13.2 Å². The number of hydrogen-bond donors (Lipinski definition) is 0. The second kappa shape index (κ2) is 4.33. The monoisotopic (exact) mass is 253 g/mol. The van der Waals surface area contributed by atoms with Crippen molar-refractivity contribution in [2.24, 2.45) is 5.92 Å². The van der Waals surface area contributed by atoms with Crippen LogP contribution in [0, 0.1) is 24.2 Å². The Balaban J connectivity index is 2.43. The van der Waals surface area contributed by atoms with Gasteiger partial charge in [-0.1, -0.05) is 12.1 Å². The Labute approximate surface area is 101 Å². The number of nitrogens with zero attached hydrogens (tertiary/aromatic N) is 3. The zero-order valence-electron chi connectivity index (χ0n) is 9.57. The molecule has 1 heterocycles. The summed E-state index contributed by atoms with van der Waals surface area (Å²) in [5, 5.41) is 8.62. The number of aromatic nitrogens is 2. The Morgan fingerprint density at radius 1 is 1.39 bits per heavy atom. The molecule has 1 unspecified atom stereocenters. The van der Waals surface area contributed by atoms with Gasteiger partial charge in [-0.05, 0) is 19.1 Å². The number of rotatable bonds is 2. The van der Waals surface area contributed by atoms with Crippen molar-refractivity contribution < 1.29 is 13.2 Å². The molecule has 6 heteroatoms. The molecule has 0 amide bonds. The van der Waals surface area contributed by atoms with Gasteiger partial charge in [0, 0.05) is 6.54 Å². The third-order valence-electron chi connectivity index (χ3n) is 2.76. The molecule has 0 fully saturated rings. The van der Waals surface area contributed by atoms with Gasteiger partial charge < -0.3 is 4.57 Å². The first-order valence-corrected chi connectivity index (χ1v) is 5.31. The van der Waals surface area contributed by atoms with E-state index in [0.717, 1.165) is 0 Å². The van der Waals surface area contributed by atoms with E-state index in [1.54, 1.807) is 31.2 Å². The van der Waals surface area contributed by atoms with Crippen LogP contribution in [-0.2, 0) is 6.54 Å². The first-order chi connectivity index (χ1) is 8.43. The Kier molecular flexibility index (Phi) is 2.99. The standard InChI is InChI=1S/C12H10F3N3/c1-8-17-10-4-2-3-5-11(10)18(8)7-9(6-16)12(13,14)15/h2-5,9H,7H2,1H3. The minimum absolute atomic E-state index is 0.424. The van der Waals surface area contributed by atoms with Crippen molar-refractivity contribution in [2.75, 3.05) is 0 Å². The number of aryl methyl sites for hydroxylation is 1. The zero-order valence-corrected chi connectivity index (χ0v) is 9.57. The van der Waals surface area contributed by atoms with Crippen LogP contribution in [0.3, 0.4) is 0 Å². The van der Waals surface area contributed by atoms with E-state index in [2.05, 4.69) is 4.98 Å². The molecule has 1 aromatic heterocycles. The maximum Gasteiger partial charge on any atom is 0.406 e. The van der Waals surface area contributed by atoms with E-state index in [1.807, 2.05) is 0 Å². The maximum absolute atomic E-state index is 12.6. The number of halogens is 3. The normalized spacial score (nSPS) is 13.5. The van der Waals surface area contributed by atoms with Crippen LogP contribution in [0.1, 0.15) is 5.82 Å². The van der Waals surface area contributed by atoms with Gasteiger partial charge in [0.15, 0.2) is 5.92 Å². The van der Waals surface area contributed by atoms with Gasteiger partial charge in [0.05, 0.1) is 17.1 Å². The molecular weight excluding hydrogens is 243 g/mol. The number of hydrogen-bond acceptors (Lipinski definition) is 2. The van der Waals surface area contributed by atoms with Gasteiger partial charge >= 0.3 is 6.18 Å². The largest absolute Gasteiger partial charge is 0.406 e. The van der Waals surface area contributed by atoms with Crippen molar-refractivity contribution in [3.05, 3.63) is 30.1 Å². The third-order valence-corrected chi connectivity index (χ3v) is 2.76. The van der Waals surface area contributed by atoms with Gasteiger partial charge in [0.2, 0.25) is 0 Å². The van der Waals surface area contributed by atoms with Crippen molar-refractivity contribution in [2.45, 2.75) is 19.6 Å². The molecule has 0 spiro atoms. The fourth-order valence-electron chi connectivity index (χ4n) is 1.83. The Morgan fingerprint density at radius 3 is 2.67 bits per heavy atom. The molecule has 1 atom stereocenters. The molecule has 3 nitrogen and oxygen atoms in total. The summed E-state index contributed by atoms with van der Waals surface area (Å²) in [4.78, 5) is 4.17. The van der Waals surface area contributed by atoms with Gasteiger partial charge in [-0.25, -0.2) is 4.98 Å². The predicted molar refractivity (Wildman–Crippen MR) is 59.6 cm³/mol. The first kappa shape index (κ1) is 12.4. The quantitative estimate of drug-likeness (QED) is 0.825. The van der Waals surface area contributed by atoms with Crippen LogP contribution in [0.15, 0.2) is 24.3 Å². The molecule has 0 radical (unpaired) electrons. The lowest BCUT2D eigenvalue weighted by Crippen LogP contribution is -2.26. The molecule has 0 bridgehead atoms. The molecule has 2 rings (SSSR count). The molecule has 94 valence electrons. The van der Waals surface area contributed by atoms with Crippen LogP contribution in [-0.4, -0.2) is 15.7 Å². The minimum atomic E-state index is -4.52. The number of para-hydroxylation sites is 2. The van der Waals surface area contributed by atoms with Crippen LogP contribution < -0.4 is 0 Å².